The third-order valence-electron chi connectivity index (χ3n) is 8.11. The van der Waals surface area contributed by atoms with E-state index in [1.807, 2.05) is 42.5 Å². The lowest BCUT2D eigenvalue weighted by Crippen LogP contribution is -2.27. The smallest absolute Gasteiger partial charge is 0.416 e. The molecule has 1 aliphatic heterocycles. The molecule has 0 bridgehead atoms. The van der Waals surface area contributed by atoms with Gasteiger partial charge in [-0.15, -0.1) is 0 Å². The Balaban J connectivity index is 1.27. The molecule has 2 fully saturated rings. The molecule has 0 spiro atoms. The number of halogens is 3. The van der Waals surface area contributed by atoms with Crippen molar-refractivity contribution in [3.63, 3.8) is 0 Å². The van der Waals surface area contributed by atoms with Gasteiger partial charge in [-0.25, -0.2) is 0 Å². The minimum atomic E-state index is -4.40. The van der Waals surface area contributed by atoms with Crippen LogP contribution in [0.2, 0.25) is 0 Å². The fourth-order valence-corrected chi connectivity index (χ4v) is 5.73. The van der Waals surface area contributed by atoms with Crippen LogP contribution in [0.4, 0.5) is 18.9 Å². The summed E-state index contributed by atoms with van der Waals surface area (Å²) in [6.45, 7) is 4.41. The van der Waals surface area contributed by atoms with E-state index in [0.29, 0.717) is 23.9 Å². The van der Waals surface area contributed by atoms with Crippen molar-refractivity contribution in [1.82, 2.24) is 14.8 Å². The quantitative estimate of drug-likeness (QED) is 0.237. The summed E-state index contributed by atoms with van der Waals surface area (Å²) in [6.07, 6.45) is -1.16. The molecule has 212 valence electrons. The van der Waals surface area contributed by atoms with Crippen LogP contribution in [0.3, 0.4) is 0 Å². The normalized spacial score (nSPS) is 16.0. The monoisotopic (exact) mass is 559 g/mol. The highest BCUT2D eigenvalue weighted by Gasteiger charge is 2.33. The standard InChI is InChI=1S/C32H32F3N5O/c33-32(34,35)29-7-2-1-4-23(29)20-38-24-10-8-22(9-11-24)31-28(19-36)27-13-12-26(41-17-16-39-15-14-37-21-39)18-30(27)40(31)25-5-3-6-25/h1-2,4,7-13,18,25,37-38H,3,5-6,14-17,20-21H2. The van der Waals surface area contributed by atoms with Crippen LogP contribution in [-0.2, 0) is 12.7 Å². The van der Waals surface area contributed by atoms with Crippen molar-refractivity contribution in [2.45, 2.75) is 38.0 Å². The van der Waals surface area contributed by atoms with Gasteiger partial charge >= 0.3 is 6.18 Å². The number of nitrogens with zero attached hydrogens (tertiary/aromatic N) is 3. The number of nitrogens with one attached hydrogen (secondary N) is 2. The van der Waals surface area contributed by atoms with E-state index in [1.165, 1.54) is 12.1 Å². The maximum Gasteiger partial charge on any atom is 0.416 e. The molecular weight excluding hydrogens is 527 g/mol. The number of hydrogen-bond acceptors (Lipinski definition) is 5. The van der Waals surface area contributed by atoms with E-state index in [-0.39, 0.29) is 12.1 Å². The van der Waals surface area contributed by atoms with E-state index in [1.54, 1.807) is 6.07 Å². The van der Waals surface area contributed by atoms with Gasteiger partial charge < -0.3 is 19.9 Å². The zero-order chi connectivity index (χ0) is 28.4. The summed E-state index contributed by atoms with van der Waals surface area (Å²) in [6, 6.07) is 21.9. The molecule has 0 radical (unpaired) electrons. The van der Waals surface area contributed by atoms with E-state index < -0.39 is 11.7 Å². The Morgan fingerprint density at radius 1 is 1.05 bits per heavy atom. The van der Waals surface area contributed by atoms with E-state index in [4.69, 9.17) is 4.74 Å². The molecule has 6 nitrogen and oxygen atoms in total. The number of benzene rings is 3. The maximum atomic E-state index is 13.4. The lowest BCUT2D eigenvalue weighted by Gasteiger charge is -2.30. The van der Waals surface area contributed by atoms with Gasteiger partial charge in [0, 0.05) is 56.0 Å². The summed E-state index contributed by atoms with van der Waals surface area (Å²) >= 11 is 0. The molecule has 1 aliphatic carbocycles. The van der Waals surface area contributed by atoms with Crippen molar-refractivity contribution in [1.29, 1.82) is 5.26 Å². The van der Waals surface area contributed by atoms with Gasteiger partial charge in [-0.1, -0.05) is 30.3 Å². The number of ether oxygens (including phenoxy) is 1. The van der Waals surface area contributed by atoms with E-state index in [2.05, 4.69) is 26.2 Å². The molecule has 4 aromatic rings. The van der Waals surface area contributed by atoms with Gasteiger partial charge in [0.2, 0.25) is 0 Å². The van der Waals surface area contributed by atoms with Crippen LogP contribution in [0, 0.1) is 11.3 Å². The van der Waals surface area contributed by atoms with Gasteiger partial charge in [0.15, 0.2) is 0 Å². The van der Waals surface area contributed by atoms with Gasteiger partial charge in [0.1, 0.15) is 18.4 Å². The van der Waals surface area contributed by atoms with Crippen LogP contribution >= 0.6 is 0 Å². The van der Waals surface area contributed by atoms with Crippen LogP contribution < -0.4 is 15.4 Å². The average molecular weight is 560 g/mol. The highest BCUT2D eigenvalue weighted by Crippen LogP contribution is 2.43. The lowest BCUT2D eigenvalue weighted by atomic mass is 9.92. The summed E-state index contributed by atoms with van der Waals surface area (Å²) in [4.78, 5) is 2.31. The molecule has 41 heavy (non-hydrogen) atoms. The lowest BCUT2D eigenvalue weighted by molar-refractivity contribution is -0.138. The first-order chi connectivity index (χ1) is 19.9. The van der Waals surface area contributed by atoms with Crippen LogP contribution in [0.25, 0.3) is 22.2 Å². The van der Waals surface area contributed by atoms with Crippen LogP contribution in [0.5, 0.6) is 5.75 Å². The Morgan fingerprint density at radius 2 is 1.85 bits per heavy atom. The molecule has 0 unspecified atom stereocenters. The topological polar surface area (TPSA) is 65.2 Å². The third kappa shape index (κ3) is 5.63. The summed E-state index contributed by atoms with van der Waals surface area (Å²) in [5.41, 5.74) is 3.66. The van der Waals surface area contributed by atoms with E-state index >= 15 is 0 Å². The number of rotatable bonds is 9. The average Bonchev–Trinajstić information content (AvgIpc) is 3.57. The first-order valence-corrected chi connectivity index (χ1v) is 14.1. The second-order valence-corrected chi connectivity index (χ2v) is 10.7. The molecular formula is C32H32F3N5O. The number of alkyl halides is 3. The minimum Gasteiger partial charge on any atom is -0.492 e. The summed E-state index contributed by atoms with van der Waals surface area (Å²) in [5.74, 6) is 0.789. The van der Waals surface area contributed by atoms with Crippen LogP contribution in [0.15, 0.2) is 66.7 Å². The highest BCUT2D eigenvalue weighted by molar-refractivity contribution is 5.95. The van der Waals surface area contributed by atoms with Crippen molar-refractivity contribution in [2.24, 2.45) is 0 Å². The molecule has 2 N–H and O–H groups in total. The number of nitriles is 1. The number of aromatic nitrogens is 1. The van der Waals surface area contributed by atoms with E-state index in [9.17, 15) is 18.4 Å². The highest BCUT2D eigenvalue weighted by atomic mass is 19.4. The fourth-order valence-electron chi connectivity index (χ4n) is 5.73. The largest absolute Gasteiger partial charge is 0.492 e. The molecule has 2 heterocycles. The second kappa shape index (κ2) is 11.5. The molecule has 1 aromatic heterocycles. The minimum absolute atomic E-state index is 0.0534. The molecule has 6 rings (SSSR count). The van der Waals surface area contributed by atoms with Gasteiger partial charge in [0.25, 0.3) is 0 Å². The van der Waals surface area contributed by atoms with Crippen molar-refractivity contribution < 1.29 is 17.9 Å². The van der Waals surface area contributed by atoms with Crippen molar-refractivity contribution in [3.8, 4) is 23.1 Å². The predicted molar refractivity (Wildman–Crippen MR) is 154 cm³/mol. The van der Waals surface area contributed by atoms with Gasteiger partial charge in [0.05, 0.1) is 22.3 Å². The van der Waals surface area contributed by atoms with Crippen molar-refractivity contribution in [2.75, 3.05) is 38.2 Å². The summed E-state index contributed by atoms with van der Waals surface area (Å²) < 4.78 is 48.6. The fraction of sp³-hybridized carbons (Fsp3) is 0.344. The Bertz CT molecular complexity index is 1560. The summed E-state index contributed by atoms with van der Waals surface area (Å²) in [5, 5.41) is 17.6. The first kappa shape index (κ1) is 27.2. The van der Waals surface area contributed by atoms with Gasteiger partial charge in [-0.3, -0.25) is 4.90 Å². The molecule has 0 amide bonds. The van der Waals surface area contributed by atoms with Gasteiger partial charge in [-0.2, -0.15) is 18.4 Å². The zero-order valence-electron chi connectivity index (χ0n) is 22.7. The zero-order valence-corrected chi connectivity index (χ0v) is 22.7. The first-order valence-electron chi connectivity index (χ1n) is 14.1. The Morgan fingerprint density at radius 3 is 2.54 bits per heavy atom. The molecule has 1 saturated heterocycles. The predicted octanol–water partition coefficient (Wildman–Crippen LogP) is 6.78. The van der Waals surface area contributed by atoms with Crippen molar-refractivity contribution >= 4 is 16.6 Å². The Kier molecular flexibility index (Phi) is 7.61. The third-order valence-corrected chi connectivity index (χ3v) is 8.11. The molecule has 9 heteroatoms. The number of anilines is 1. The molecule has 2 aliphatic rings. The molecule has 3 aromatic carbocycles. The molecule has 0 atom stereocenters. The Hall–Kier alpha value is -4.00. The van der Waals surface area contributed by atoms with Crippen molar-refractivity contribution in [3.05, 3.63) is 83.4 Å². The molecule has 1 saturated carbocycles. The maximum absolute atomic E-state index is 13.4. The van der Waals surface area contributed by atoms with Crippen LogP contribution in [-0.4, -0.2) is 42.4 Å². The SMILES string of the molecule is N#Cc1c(-c2ccc(NCc3ccccc3C(F)(F)F)cc2)n(C2CCC2)c2cc(OCCN3CCNC3)ccc12. The second-order valence-electron chi connectivity index (χ2n) is 10.7. The van der Waals surface area contributed by atoms with Gasteiger partial charge in [-0.05, 0) is 60.7 Å². The van der Waals surface area contributed by atoms with Crippen LogP contribution in [0.1, 0.15) is 42.0 Å². The number of hydrogen-bond donors (Lipinski definition) is 2. The van der Waals surface area contributed by atoms with E-state index in [0.717, 1.165) is 79.5 Å². The number of fused-ring (bicyclic) bond motifs is 1. The summed E-state index contributed by atoms with van der Waals surface area (Å²) in [7, 11) is 0. The Labute approximate surface area is 237 Å².